The van der Waals surface area contributed by atoms with Gasteiger partial charge in [0.05, 0.1) is 6.61 Å². The van der Waals surface area contributed by atoms with Gasteiger partial charge >= 0.3 is 0 Å². The first-order valence-corrected chi connectivity index (χ1v) is 3.89. The molecule has 4 N–H and O–H groups in total. The molecule has 13 heavy (non-hydrogen) atoms. The number of rotatable bonds is 4. The number of anilines is 1. The Kier molecular flexibility index (Phi) is 3.27. The molecule has 1 aromatic heterocycles. The minimum absolute atomic E-state index is 0.0625. The van der Waals surface area contributed by atoms with E-state index in [1.54, 1.807) is 12.3 Å². The van der Waals surface area contributed by atoms with Gasteiger partial charge in [0.15, 0.2) is 0 Å². The number of aromatic nitrogens is 2. The van der Waals surface area contributed by atoms with Crippen molar-refractivity contribution in [1.29, 1.82) is 0 Å². The number of carbonyl (C=O) groups excluding carboxylic acids is 1. The van der Waals surface area contributed by atoms with E-state index in [4.69, 9.17) is 10.8 Å². The van der Waals surface area contributed by atoms with E-state index in [1.807, 2.05) is 0 Å². The lowest BCUT2D eigenvalue weighted by Crippen LogP contribution is -2.30. The van der Waals surface area contributed by atoms with Gasteiger partial charge in [-0.2, -0.15) is 5.10 Å². The first kappa shape index (κ1) is 9.53. The normalized spacial score (nSPS) is 9.92. The van der Waals surface area contributed by atoms with Gasteiger partial charge in [0.25, 0.3) is 0 Å². The molecule has 1 heterocycles. The number of nitrogens with one attached hydrogen (secondary N) is 1. The van der Waals surface area contributed by atoms with Crippen molar-refractivity contribution in [3.63, 3.8) is 0 Å². The van der Waals surface area contributed by atoms with Gasteiger partial charge < -0.3 is 16.2 Å². The fourth-order valence-corrected chi connectivity index (χ4v) is 0.864. The fourth-order valence-electron chi connectivity index (χ4n) is 0.864. The van der Waals surface area contributed by atoms with Crippen molar-refractivity contribution in [2.75, 3.05) is 18.9 Å². The van der Waals surface area contributed by atoms with Crippen molar-refractivity contribution >= 4 is 11.7 Å². The summed E-state index contributed by atoms with van der Waals surface area (Å²) in [5.41, 5.74) is 5.35. The maximum absolute atomic E-state index is 11.1. The Labute approximate surface area is 75.3 Å². The Morgan fingerprint density at radius 1 is 1.77 bits per heavy atom. The van der Waals surface area contributed by atoms with E-state index < -0.39 is 0 Å². The monoisotopic (exact) mass is 184 g/mol. The lowest BCUT2D eigenvalue weighted by molar-refractivity contribution is -0.122. The first-order chi connectivity index (χ1) is 6.22. The van der Waals surface area contributed by atoms with Gasteiger partial charge in [0.2, 0.25) is 5.91 Å². The van der Waals surface area contributed by atoms with E-state index in [1.165, 1.54) is 4.68 Å². The molecule has 0 aromatic carbocycles. The zero-order chi connectivity index (χ0) is 9.68. The summed E-state index contributed by atoms with van der Waals surface area (Å²) in [5, 5.41) is 14.8. The molecule has 0 bridgehead atoms. The summed E-state index contributed by atoms with van der Waals surface area (Å²) in [4.78, 5) is 11.1. The van der Waals surface area contributed by atoms with Crippen molar-refractivity contribution in [3.8, 4) is 0 Å². The molecule has 1 amide bonds. The maximum Gasteiger partial charge on any atom is 0.241 e. The topological polar surface area (TPSA) is 93.2 Å². The number of carbonyl (C=O) groups is 1. The van der Waals surface area contributed by atoms with Crippen molar-refractivity contribution in [2.45, 2.75) is 6.54 Å². The van der Waals surface area contributed by atoms with Crippen LogP contribution in [0.5, 0.6) is 0 Å². The second-order valence-corrected chi connectivity index (χ2v) is 2.51. The third kappa shape index (κ3) is 3.12. The number of amides is 1. The predicted octanol–water partition coefficient (Wildman–Crippen LogP) is -1.43. The molecule has 1 aromatic rings. The molecule has 0 aliphatic rings. The molecule has 0 radical (unpaired) electrons. The van der Waals surface area contributed by atoms with E-state index >= 15 is 0 Å². The van der Waals surface area contributed by atoms with E-state index in [0.717, 1.165) is 0 Å². The maximum atomic E-state index is 11.1. The SMILES string of the molecule is Nc1ccn(CC(=O)NCCO)n1. The van der Waals surface area contributed by atoms with Crippen LogP contribution in [0.2, 0.25) is 0 Å². The first-order valence-electron chi connectivity index (χ1n) is 3.89. The molecule has 0 fully saturated rings. The number of hydrogen-bond acceptors (Lipinski definition) is 4. The number of nitrogen functional groups attached to an aromatic ring is 1. The molecule has 6 heteroatoms. The zero-order valence-electron chi connectivity index (χ0n) is 7.10. The third-order valence-corrected chi connectivity index (χ3v) is 1.40. The van der Waals surface area contributed by atoms with Crippen molar-refractivity contribution in [1.82, 2.24) is 15.1 Å². The average Bonchev–Trinajstić information content (AvgIpc) is 2.48. The molecule has 0 unspecified atom stereocenters. The van der Waals surface area contributed by atoms with Gasteiger partial charge in [-0.05, 0) is 6.07 Å². The van der Waals surface area contributed by atoms with Gasteiger partial charge in [-0.3, -0.25) is 9.48 Å². The largest absolute Gasteiger partial charge is 0.395 e. The van der Waals surface area contributed by atoms with Crippen molar-refractivity contribution < 1.29 is 9.90 Å². The summed E-state index contributed by atoms with van der Waals surface area (Å²) >= 11 is 0. The third-order valence-electron chi connectivity index (χ3n) is 1.40. The predicted molar refractivity (Wildman–Crippen MR) is 46.7 cm³/mol. The Morgan fingerprint density at radius 3 is 3.08 bits per heavy atom. The zero-order valence-corrected chi connectivity index (χ0v) is 7.10. The van der Waals surface area contributed by atoms with Crippen LogP contribution in [0.1, 0.15) is 0 Å². The lowest BCUT2D eigenvalue weighted by Gasteiger charge is -2.02. The average molecular weight is 184 g/mol. The van der Waals surface area contributed by atoms with Gasteiger partial charge in [-0.1, -0.05) is 0 Å². The highest BCUT2D eigenvalue weighted by Crippen LogP contribution is 1.94. The van der Waals surface area contributed by atoms with Crippen LogP contribution in [0.4, 0.5) is 5.82 Å². The Balaban J connectivity index is 2.36. The summed E-state index contributed by atoms with van der Waals surface area (Å²) in [6.07, 6.45) is 1.62. The highest BCUT2D eigenvalue weighted by atomic mass is 16.3. The standard InChI is InChI=1S/C7H12N4O2/c8-6-1-3-11(10-6)5-7(13)9-2-4-12/h1,3,12H,2,4-5H2,(H2,8,10)(H,9,13). The van der Waals surface area contributed by atoms with Crippen LogP contribution in [-0.4, -0.2) is 33.9 Å². The van der Waals surface area contributed by atoms with Crippen LogP contribution in [0.3, 0.4) is 0 Å². The quantitative estimate of drug-likeness (QED) is 0.535. The molecule has 0 spiro atoms. The number of nitrogens with zero attached hydrogens (tertiary/aromatic N) is 2. The second kappa shape index (κ2) is 4.46. The molecular weight excluding hydrogens is 172 g/mol. The summed E-state index contributed by atoms with van der Waals surface area (Å²) in [5.74, 6) is 0.187. The number of aliphatic hydroxyl groups is 1. The highest BCUT2D eigenvalue weighted by Gasteiger charge is 2.01. The molecular formula is C7H12N4O2. The fraction of sp³-hybridized carbons (Fsp3) is 0.429. The highest BCUT2D eigenvalue weighted by molar-refractivity contribution is 5.75. The van der Waals surface area contributed by atoms with Crippen LogP contribution in [-0.2, 0) is 11.3 Å². The molecule has 0 aliphatic heterocycles. The molecule has 0 atom stereocenters. The molecule has 72 valence electrons. The Bertz CT molecular complexity index is 284. The smallest absolute Gasteiger partial charge is 0.241 e. The van der Waals surface area contributed by atoms with Crippen LogP contribution in [0, 0.1) is 0 Å². The molecule has 0 saturated heterocycles. The number of nitrogens with two attached hydrogens (primary N) is 1. The van der Waals surface area contributed by atoms with E-state index in [2.05, 4.69) is 10.4 Å². The van der Waals surface area contributed by atoms with Crippen molar-refractivity contribution in [2.24, 2.45) is 0 Å². The van der Waals surface area contributed by atoms with E-state index in [0.29, 0.717) is 5.82 Å². The van der Waals surface area contributed by atoms with Gasteiger partial charge in [-0.15, -0.1) is 0 Å². The molecule has 1 rings (SSSR count). The minimum Gasteiger partial charge on any atom is -0.395 e. The van der Waals surface area contributed by atoms with E-state index in [-0.39, 0.29) is 25.6 Å². The van der Waals surface area contributed by atoms with Gasteiger partial charge in [-0.25, -0.2) is 0 Å². The second-order valence-electron chi connectivity index (χ2n) is 2.51. The van der Waals surface area contributed by atoms with E-state index in [9.17, 15) is 4.79 Å². The lowest BCUT2D eigenvalue weighted by atomic mass is 10.5. The number of aliphatic hydroxyl groups excluding tert-OH is 1. The summed E-state index contributed by atoms with van der Waals surface area (Å²) in [6, 6.07) is 1.61. The van der Waals surface area contributed by atoms with Gasteiger partial charge in [0.1, 0.15) is 12.4 Å². The van der Waals surface area contributed by atoms with Crippen LogP contribution in [0.15, 0.2) is 12.3 Å². The molecule has 0 saturated carbocycles. The molecule has 0 aliphatic carbocycles. The Hall–Kier alpha value is -1.56. The number of hydrogen-bond donors (Lipinski definition) is 3. The van der Waals surface area contributed by atoms with Crippen LogP contribution in [0.25, 0.3) is 0 Å². The van der Waals surface area contributed by atoms with Gasteiger partial charge in [0, 0.05) is 12.7 Å². The molecule has 6 nitrogen and oxygen atoms in total. The van der Waals surface area contributed by atoms with Crippen LogP contribution >= 0.6 is 0 Å². The van der Waals surface area contributed by atoms with Crippen molar-refractivity contribution in [3.05, 3.63) is 12.3 Å². The Morgan fingerprint density at radius 2 is 2.54 bits per heavy atom. The summed E-state index contributed by atoms with van der Waals surface area (Å²) < 4.78 is 1.43. The summed E-state index contributed by atoms with van der Waals surface area (Å²) in [7, 11) is 0. The summed E-state index contributed by atoms with van der Waals surface area (Å²) in [6.45, 7) is 0.319. The van der Waals surface area contributed by atoms with Crippen LogP contribution < -0.4 is 11.1 Å². The minimum atomic E-state index is -0.197.